The van der Waals surface area contributed by atoms with Crippen LogP contribution in [-0.2, 0) is 4.74 Å². The van der Waals surface area contributed by atoms with Gasteiger partial charge < -0.3 is 14.7 Å². The number of anilines is 1. The van der Waals surface area contributed by atoms with Gasteiger partial charge in [0, 0.05) is 49.7 Å². The highest BCUT2D eigenvalue weighted by molar-refractivity contribution is 5.99. The quantitative estimate of drug-likeness (QED) is 0.615. The second-order valence-corrected chi connectivity index (χ2v) is 4.49. The van der Waals surface area contributed by atoms with E-state index < -0.39 is 4.92 Å². The molecule has 0 radical (unpaired) electrons. The number of hydrogen-bond donors (Lipinski definition) is 1. The molecule has 7 nitrogen and oxygen atoms in total. The Balaban J connectivity index is 2.52. The molecule has 1 aromatic carbocycles. The molecule has 0 saturated carbocycles. The summed E-state index contributed by atoms with van der Waals surface area (Å²) >= 11 is 0. The topological polar surface area (TPSA) is 88.7 Å². The van der Waals surface area contributed by atoms with E-state index in [1.807, 2.05) is 4.90 Å². The van der Waals surface area contributed by atoms with Crippen LogP contribution in [0.25, 0.3) is 10.8 Å². The third kappa shape index (κ3) is 3.26. The fraction of sp³-hybridized carbons (Fsp3) is 0.357. The average Bonchev–Trinajstić information content (AvgIpc) is 2.50. The summed E-state index contributed by atoms with van der Waals surface area (Å²) in [5, 5.41) is 21.5. The molecule has 0 unspecified atom stereocenters. The van der Waals surface area contributed by atoms with E-state index in [0.29, 0.717) is 25.1 Å². The van der Waals surface area contributed by atoms with Crippen molar-refractivity contribution in [2.45, 2.75) is 0 Å². The van der Waals surface area contributed by atoms with E-state index in [0.717, 1.165) is 11.1 Å². The fourth-order valence-corrected chi connectivity index (χ4v) is 2.27. The summed E-state index contributed by atoms with van der Waals surface area (Å²) < 4.78 is 5.07. The maximum absolute atomic E-state index is 11.1. The van der Waals surface area contributed by atoms with Crippen LogP contribution in [0.15, 0.2) is 30.6 Å². The van der Waals surface area contributed by atoms with E-state index in [1.54, 1.807) is 25.4 Å². The van der Waals surface area contributed by atoms with Crippen molar-refractivity contribution < 1.29 is 14.8 Å². The van der Waals surface area contributed by atoms with Crippen molar-refractivity contribution in [1.82, 2.24) is 4.98 Å². The Morgan fingerprint density at radius 2 is 2.14 bits per heavy atom. The van der Waals surface area contributed by atoms with Crippen LogP contribution < -0.4 is 4.90 Å². The minimum absolute atomic E-state index is 0.00667. The summed E-state index contributed by atoms with van der Waals surface area (Å²) in [7, 11) is 1.61. The molecule has 0 amide bonds. The first-order valence-corrected chi connectivity index (χ1v) is 6.55. The van der Waals surface area contributed by atoms with E-state index in [-0.39, 0.29) is 12.3 Å². The molecule has 112 valence electrons. The molecule has 1 heterocycles. The van der Waals surface area contributed by atoms with Crippen LogP contribution in [-0.4, -0.2) is 48.4 Å². The number of fused-ring (bicyclic) bond motifs is 1. The van der Waals surface area contributed by atoms with Gasteiger partial charge in [-0.15, -0.1) is 0 Å². The number of aliphatic hydroxyl groups excluding tert-OH is 1. The van der Waals surface area contributed by atoms with Crippen molar-refractivity contribution in [3.05, 3.63) is 40.7 Å². The molecular weight excluding hydrogens is 274 g/mol. The van der Waals surface area contributed by atoms with E-state index >= 15 is 0 Å². The zero-order chi connectivity index (χ0) is 15.2. The SMILES string of the molecule is COCCN(CCO)c1ccc([N+](=O)[O-])c2cnccc12. The lowest BCUT2D eigenvalue weighted by Crippen LogP contribution is -2.30. The summed E-state index contributed by atoms with van der Waals surface area (Å²) in [6, 6.07) is 4.91. The molecule has 0 aliphatic carbocycles. The largest absolute Gasteiger partial charge is 0.395 e. The number of pyridine rings is 1. The van der Waals surface area contributed by atoms with Gasteiger partial charge in [-0.25, -0.2) is 0 Å². The fourth-order valence-electron chi connectivity index (χ4n) is 2.27. The van der Waals surface area contributed by atoms with Crippen molar-refractivity contribution in [2.75, 3.05) is 38.3 Å². The van der Waals surface area contributed by atoms with Crippen molar-refractivity contribution in [3.63, 3.8) is 0 Å². The summed E-state index contributed by atoms with van der Waals surface area (Å²) in [5.41, 5.74) is 0.849. The zero-order valence-electron chi connectivity index (χ0n) is 11.7. The maximum atomic E-state index is 11.1. The van der Waals surface area contributed by atoms with E-state index in [4.69, 9.17) is 4.74 Å². The molecule has 7 heteroatoms. The Morgan fingerprint density at radius 3 is 2.81 bits per heavy atom. The lowest BCUT2D eigenvalue weighted by atomic mass is 10.1. The van der Waals surface area contributed by atoms with Crippen LogP contribution in [0.2, 0.25) is 0 Å². The van der Waals surface area contributed by atoms with Gasteiger partial charge in [0.2, 0.25) is 0 Å². The van der Waals surface area contributed by atoms with E-state index in [2.05, 4.69) is 4.98 Å². The molecule has 0 spiro atoms. The van der Waals surface area contributed by atoms with Crippen molar-refractivity contribution in [2.24, 2.45) is 0 Å². The number of benzene rings is 1. The van der Waals surface area contributed by atoms with Crippen LogP contribution in [0.5, 0.6) is 0 Å². The molecule has 0 saturated heterocycles. The summed E-state index contributed by atoms with van der Waals surface area (Å²) in [6.45, 7) is 1.52. The third-order valence-corrected chi connectivity index (χ3v) is 3.24. The number of aromatic nitrogens is 1. The normalized spacial score (nSPS) is 10.8. The van der Waals surface area contributed by atoms with Crippen molar-refractivity contribution in [1.29, 1.82) is 0 Å². The molecule has 0 atom stereocenters. The Labute approximate surface area is 121 Å². The van der Waals surface area contributed by atoms with Crippen molar-refractivity contribution in [3.8, 4) is 0 Å². The number of nitro groups is 1. The number of nitro benzene ring substituents is 1. The number of ether oxygens (including phenoxy) is 1. The van der Waals surface area contributed by atoms with Gasteiger partial charge in [0.1, 0.15) is 0 Å². The molecule has 21 heavy (non-hydrogen) atoms. The molecule has 1 N–H and O–H groups in total. The summed E-state index contributed by atoms with van der Waals surface area (Å²) in [5.74, 6) is 0. The van der Waals surface area contributed by atoms with Gasteiger partial charge in [0.15, 0.2) is 0 Å². The number of aliphatic hydroxyl groups is 1. The van der Waals surface area contributed by atoms with Crippen LogP contribution in [0.3, 0.4) is 0 Å². The molecule has 2 rings (SSSR count). The van der Waals surface area contributed by atoms with Gasteiger partial charge >= 0.3 is 0 Å². The number of nitrogens with zero attached hydrogens (tertiary/aromatic N) is 3. The predicted molar refractivity (Wildman–Crippen MR) is 79.6 cm³/mol. The van der Waals surface area contributed by atoms with Gasteiger partial charge in [-0.1, -0.05) is 0 Å². The highest BCUT2D eigenvalue weighted by atomic mass is 16.6. The second-order valence-electron chi connectivity index (χ2n) is 4.49. The van der Waals surface area contributed by atoms with Crippen molar-refractivity contribution >= 4 is 22.1 Å². The predicted octanol–water partition coefficient (Wildman–Crippen LogP) is 1.59. The number of hydrogen-bond acceptors (Lipinski definition) is 6. The van der Waals surface area contributed by atoms with Crippen LogP contribution in [0.4, 0.5) is 11.4 Å². The summed E-state index contributed by atoms with van der Waals surface area (Å²) in [4.78, 5) is 16.6. The van der Waals surface area contributed by atoms with Gasteiger partial charge in [0.25, 0.3) is 5.69 Å². The molecule has 0 aliphatic rings. The summed E-state index contributed by atoms with van der Waals surface area (Å²) in [6.07, 6.45) is 3.09. The first kappa shape index (κ1) is 15.1. The Hall–Kier alpha value is -2.25. The molecule has 0 bridgehead atoms. The molecule has 1 aromatic heterocycles. The molecule has 0 fully saturated rings. The minimum Gasteiger partial charge on any atom is -0.395 e. The number of methoxy groups -OCH3 is 1. The van der Waals surface area contributed by atoms with Gasteiger partial charge in [0.05, 0.1) is 23.5 Å². The second kappa shape index (κ2) is 6.96. The molecule has 2 aromatic rings. The van der Waals surface area contributed by atoms with Crippen LogP contribution in [0, 0.1) is 10.1 Å². The smallest absolute Gasteiger partial charge is 0.278 e. The lowest BCUT2D eigenvalue weighted by Gasteiger charge is -2.25. The minimum atomic E-state index is -0.417. The molecule has 0 aliphatic heterocycles. The van der Waals surface area contributed by atoms with E-state index in [1.165, 1.54) is 12.3 Å². The Bertz CT molecular complexity index is 633. The third-order valence-electron chi connectivity index (χ3n) is 3.24. The van der Waals surface area contributed by atoms with Gasteiger partial charge in [-0.05, 0) is 12.1 Å². The number of non-ortho nitro benzene ring substituents is 1. The molecular formula is C14H17N3O4. The highest BCUT2D eigenvalue weighted by Gasteiger charge is 2.17. The standard InChI is InChI=1S/C14H17N3O4/c1-21-9-7-16(6-8-18)13-2-3-14(17(19)20)12-10-15-5-4-11(12)13/h2-5,10,18H,6-9H2,1H3. The van der Waals surface area contributed by atoms with Crippen LogP contribution >= 0.6 is 0 Å². The zero-order valence-corrected chi connectivity index (χ0v) is 11.7. The van der Waals surface area contributed by atoms with Gasteiger partial charge in [-0.2, -0.15) is 0 Å². The first-order valence-electron chi connectivity index (χ1n) is 6.55. The monoisotopic (exact) mass is 291 g/mol. The first-order chi connectivity index (χ1) is 10.2. The number of rotatable bonds is 7. The maximum Gasteiger partial charge on any atom is 0.278 e. The highest BCUT2D eigenvalue weighted by Crippen LogP contribution is 2.32. The van der Waals surface area contributed by atoms with Crippen LogP contribution in [0.1, 0.15) is 0 Å². The Kier molecular flexibility index (Phi) is 5.02. The Morgan fingerprint density at radius 1 is 1.33 bits per heavy atom. The van der Waals surface area contributed by atoms with Gasteiger partial charge in [-0.3, -0.25) is 15.1 Å². The van der Waals surface area contributed by atoms with E-state index in [9.17, 15) is 15.2 Å². The lowest BCUT2D eigenvalue weighted by molar-refractivity contribution is -0.383. The average molecular weight is 291 g/mol.